The molecule has 6 heteroatoms. The van der Waals surface area contributed by atoms with Crippen molar-refractivity contribution in [1.82, 2.24) is 15.1 Å². The van der Waals surface area contributed by atoms with Crippen LogP contribution >= 0.6 is 0 Å². The van der Waals surface area contributed by atoms with Crippen molar-refractivity contribution in [2.45, 2.75) is 59.4 Å². The SMILES string of the molecule is Cc1noc(C)c1-c1nc(C(C)C)nc(N(C)C2CCOCC2)c1C. The molecule has 1 aliphatic heterocycles. The van der Waals surface area contributed by atoms with Crippen LogP contribution in [0.4, 0.5) is 5.82 Å². The Morgan fingerprint density at radius 2 is 1.76 bits per heavy atom. The maximum atomic E-state index is 5.51. The molecule has 0 bridgehead atoms. The summed E-state index contributed by atoms with van der Waals surface area (Å²) in [4.78, 5) is 12.1. The molecule has 1 aliphatic rings. The van der Waals surface area contributed by atoms with Crippen molar-refractivity contribution < 1.29 is 9.26 Å². The Kier molecular flexibility index (Phi) is 5.08. The second-order valence-corrected chi connectivity index (χ2v) is 7.19. The molecule has 25 heavy (non-hydrogen) atoms. The van der Waals surface area contributed by atoms with E-state index in [1.165, 1.54) is 0 Å². The highest BCUT2D eigenvalue weighted by atomic mass is 16.5. The molecule has 0 aliphatic carbocycles. The zero-order chi connectivity index (χ0) is 18.1. The van der Waals surface area contributed by atoms with E-state index in [9.17, 15) is 0 Å². The molecule has 0 unspecified atom stereocenters. The highest BCUT2D eigenvalue weighted by molar-refractivity contribution is 5.71. The number of nitrogens with zero attached hydrogens (tertiary/aromatic N) is 4. The fourth-order valence-electron chi connectivity index (χ4n) is 3.43. The molecule has 0 aromatic carbocycles. The van der Waals surface area contributed by atoms with Gasteiger partial charge in [0, 0.05) is 37.8 Å². The molecular formula is C19H28N4O2. The van der Waals surface area contributed by atoms with Gasteiger partial charge in [0.2, 0.25) is 0 Å². The van der Waals surface area contributed by atoms with Crippen LogP contribution < -0.4 is 4.90 Å². The van der Waals surface area contributed by atoms with Crippen LogP contribution in [-0.4, -0.2) is 41.4 Å². The van der Waals surface area contributed by atoms with Gasteiger partial charge in [0.05, 0.1) is 17.0 Å². The molecule has 136 valence electrons. The van der Waals surface area contributed by atoms with Gasteiger partial charge in [-0.05, 0) is 33.6 Å². The van der Waals surface area contributed by atoms with Crippen LogP contribution in [0.2, 0.25) is 0 Å². The molecule has 6 nitrogen and oxygen atoms in total. The van der Waals surface area contributed by atoms with Gasteiger partial charge in [0.15, 0.2) is 0 Å². The minimum absolute atomic E-state index is 0.252. The van der Waals surface area contributed by atoms with Crippen LogP contribution in [-0.2, 0) is 4.74 Å². The second kappa shape index (κ2) is 7.12. The Labute approximate surface area is 149 Å². The van der Waals surface area contributed by atoms with E-state index in [2.05, 4.69) is 37.9 Å². The van der Waals surface area contributed by atoms with E-state index in [4.69, 9.17) is 19.2 Å². The van der Waals surface area contributed by atoms with Crippen molar-refractivity contribution in [3.63, 3.8) is 0 Å². The van der Waals surface area contributed by atoms with Crippen LogP contribution in [0, 0.1) is 20.8 Å². The van der Waals surface area contributed by atoms with Gasteiger partial charge in [0.25, 0.3) is 0 Å². The van der Waals surface area contributed by atoms with Crippen molar-refractivity contribution in [3.05, 3.63) is 22.8 Å². The Morgan fingerprint density at radius 1 is 1.08 bits per heavy atom. The summed E-state index contributed by atoms with van der Waals surface area (Å²) >= 11 is 0. The number of aromatic nitrogens is 3. The second-order valence-electron chi connectivity index (χ2n) is 7.19. The van der Waals surface area contributed by atoms with Gasteiger partial charge in [0.1, 0.15) is 17.4 Å². The van der Waals surface area contributed by atoms with Crippen LogP contribution in [0.25, 0.3) is 11.3 Å². The lowest BCUT2D eigenvalue weighted by Gasteiger charge is -2.33. The Bertz CT molecular complexity index is 729. The van der Waals surface area contributed by atoms with Gasteiger partial charge in [-0.3, -0.25) is 0 Å². The lowest BCUT2D eigenvalue weighted by atomic mass is 10.0. The fraction of sp³-hybridized carbons (Fsp3) is 0.632. The molecule has 2 aromatic heterocycles. The number of hydrogen-bond donors (Lipinski definition) is 0. The van der Waals surface area contributed by atoms with Crippen molar-refractivity contribution in [2.24, 2.45) is 0 Å². The molecule has 3 rings (SSSR count). The number of rotatable bonds is 4. The van der Waals surface area contributed by atoms with E-state index in [0.29, 0.717) is 6.04 Å². The summed E-state index contributed by atoms with van der Waals surface area (Å²) in [6.07, 6.45) is 2.05. The molecular weight excluding hydrogens is 316 g/mol. The van der Waals surface area contributed by atoms with Crippen LogP contribution in [0.1, 0.15) is 55.4 Å². The fourth-order valence-corrected chi connectivity index (χ4v) is 3.43. The minimum atomic E-state index is 0.252. The van der Waals surface area contributed by atoms with Gasteiger partial charge in [-0.25, -0.2) is 9.97 Å². The zero-order valence-electron chi connectivity index (χ0n) is 16.1. The van der Waals surface area contributed by atoms with E-state index in [1.807, 2.05) is 13.8 Å². The van der Waals surface area contributed by atoms with Crippen molar-refractivity contribution >= 4 is 5.82 Å². The van der Waals surface area contributed by atoms with E-state index < -0.39 is 0 Å². The predicted octanol–water partition coefficient (Wildman–Crippen LogP) is 3.80. The third-order valence-electron chi connectivity index (χ3n) is 5.00. The van der Waals surface area contributed by atoms with Gasteiger partial charge in [-0.2, -0.15) is 0 Å². The number of ether oxygens (including phenoxy) is 1. The average molecular weight is 344 g/mol. The van der Waals surface area contributed by atoms with E-state index in [1.54, 1.807) is 0 Å². The van der Waals surface area contributed by atoms with E-state index in [0.717, 1.165) is 66.0 Å². The third-order valence-corrected chi connectivity index (χ3v) is 5.00. The number of aryl methyl sites for hydroxylation is 2. The summed E-state index contributed by atoms with van der Waals surface area (Å²) in [7, 11) is 2.13. The lowest BCUT2D eigenvalue weighted by molar-refractivity contribution is 0.0853. The van der Waals surface area contributed by atoms with E-state index >= 15 is 0 Å². The highest BCUT2D eigenvalue weighted by Crippen LogP contribution is 2.34. The van der Waals surface area contributed by atoms with Crippen molar-refractivity contribution in [2.75, 3.05) is 25.2 Å². The maximum absolute atomic E-state index is 5.51. The van der Waals surface area contributed by atoms with Crippen LogP contribution in [0.5, 0.6) is 0 Å². The van der Waals surface area contributed by atoms with E-state index in [-0.39, 0.29) is 5.92 Å². The smallest absolute Gasteiger partial charge is 0.143 e. The van der Waals surface area contributed by atoms with Gasteiger partial charge < -0.3 is 14.2 Å². The highest BCUT2D eigenvalue weighted by Gasteiger charge is 2.25. The molecule has 3 heterocycles. The Morgan fingerprint density at radius 3 is 2.32 bits per heavy atom. The summed E-state index contributed by atoms with van der Waals surface area (Å²) in [6, 6.07) is 0.444. The first kappa shape index (κ1) is 17.9. The third kappa shape index (κ3) is 3.40. The molecule has 2 aromatic rings. The quantitative estimate of drug-likeness (QED) is 0.841. The number of anilines is 1. The molecule has 0 N–H and O–H groups in total. The maximum Gasteiger partial charge on any atom is 0.143 e. The minimum Gasteiger partial charge on any atom is -0.381 e. The first-order valence-corrected chi connectivity index (χ1v) is 9.02. The lowest BCUT2D eigenvalue weighted by Crippen LogP contribution is -2.37. The van der Waals surface area contributed by atoms with Crippen LogP contribution in [0.3, 0.4) is 0 Å². The van der Waals surface area contributed by atoms with Crippen molar-refractivity contribution in [1.29, 1.82) is 0 Å². The molecule has 0 amide bonds. The number of hydrogen-bond acceptors (Lipinski definition) is 6. The largest absolute Gasteiger partial charge is 0.381 e. The van der Waals surface area contributed by atoms with Crippen molar-refractivity contribution in [3.8, 4) is 11.3 Å². The topological polar surface area (TPSA) is 64.3 Å². The normalized spacial score (nSPS) is 15.8. The zero-order valence-corrected chi connectivity index (χ0v) is 16.1. The summed E-state index contributed by atoms with van der Waals surface area (Å²) < 4.78 is 10.9. The first-order chi connectivity index (χ1) is 11.9. The molecule has 0 spiro atoms. The molecule has 0 radical (unpaired) electrons. The Balaban J connectivity index is 2.12. The monoisotopic (exact) mass is 344 g/mol. The van der Waals surface area contributed by atoms with Gasteiger partial charge >= 0.3 is 0 Å². The summed E-state index contributed by atoms with van der Waals surface area (Å²) in [5.41, 5.74) is 3.87. The molecule has 1 fully saturated rings. The molecule has 1 saturated heterocycles. The summed E-state index contributed by atoms with van der Waals surface area (Å²) in [5.74, 6) is 2.91. The van der Waals surface area contributed by atoms with Gasteiger partial charge in [-0.1, -0.05) is 19.0 Å². The summed E-state index contributed by atoms with van der Waals surface area (Å²) in [6.45, 7) is 11.9. The predicted molar refractivity (Wildman–Crippen MR) is 98.1 cm³/mol. The summed E-state index contributed by atoms with van der Waals surface area (Å²) in [5, 5.41) is 4.11. The van der Waals surface area contributed by atoms with Gasteiger partial charge in [-0.15, -0.1) is 0 Å². The Hall–Kier alpha value is -1.95. The average Bonchev–Trinajstić information content (AvgIpc) is 2.94. The molecule has 0 atom stereocenters. The molecule has 0 saturated carbocycles. The first-order valence-electron chi connectivity index (χ1n) is 9.02. The van der Waals surface area contributed by atoms with Crippen LogP contribution in [0.15, 0.2) is 4.52 Å². The standard InChI is InChI=1S/C19H28N4O2/c1-11(2)18-20-17(16-13(4)22-25-14(16)5)12(3)19(21-18)23(6)15-7-9-24-10-8-15/h11,15H,7-10H2,1-6H3.